The largest absolute Gasteiger partial charge is 0.379 e. The summed E-state index contributed by atoms with van der Waals surface area (Å²) in [6, 6.07) is 11.8. The number of aromatic amines is 1. The summed E-state index contributed by atoms with van der Waals surface area (Å²) in [7, 11) is 0. The van der Waals surface area contributed by atoms with Crippen LogP contribution in [-0.2, 0) is 4.74 Å². The van der Waals surface area contributed by atoms with Gasteiger partial charge in [0.1, 0.15) is 5.82 Å². The molecule has 1 unspecified atom stereocenters. The quantitative estimate of drug-likeness (QED) is 0.684. The molecule has 7 heteroatoms. The van der Waals surface area contributed by atoms with Gasteiger partial charge < -0.3 is 15.0 Å². The maximum Gasteiger partial charge on any atom is 0.252 e. The first-order valence-corrected chi connectivity index (χ1v) is 9.62. The summed E-state index contributed by atoms with van der Waals surface area (Å²) in [4.78, 5) is 18.1. The lowest BCUT2D eigenvalue weighted by atomic mass is 10.0. The summed E-state index contributed by atoms with van der Waals surface area (Å²) in [5.41, 5.74) is 2.13. The van der Waals surface area contributed by atoms with Gasteiger partial charge in [0.25, 0.3) is 5.91 Å². The summed E-state index contributed by atoms with van der Waals surface area (Å²) in [6.45, 7) is 3.05. The van der Waals surface area contributed by atoms with Crippen LogP contribution in [0.2, 0.25) is 5.02 Å². The van der Waals surface area contributed by atoms with Crippen molar-refractivity contribution in [2.75, 3.05) is 32.8 Å². The van der Waals surface area contributed by atoms with Crippen LogP contribution in [0.4, 0.5) is 4.39 Å². The highest BCUT2D eigenvalue weighted by atomic mass is 35.5. The zero-order chi connectivity index (χ0) is 19.5. The Bertz CT molecular complexity index is 985. The van der Waals surface area contributed by atoms with Crippen molar-refractivity contribution in [3.63, 3.8) is 0 Å². The Hall–Kier alpha value is -2.41. The second-order valence-electron chi connectivity index (χ2n) is 6.80. The van der Waals surface area contributed by atoms with E-state index >= 15 is 0 Å². The first-order valence-electron chi connectivity index (χ1n) is 9.24. The van der Waals surface area contributed by atoms with E-state index in [1.807, 2.05) is 18.2 Å². The predicted molar refractivity (Wildman–Crippen MR) is 107 cm³/mol. The van der Waals surface area contributed by atoms with Gasteiger partial charge in [-0.1, -0.05) is 23.7 Å². The number of carbonyl (C=O) groups excluding carboxylic acids is 1. The second kappa shape index (κ2) is 8.31. The summed E-state index contributed by atoms with van der Waals surface area (Å²) < 4.78 is 19.2. The van der Waals surface area contributed by atoms with Crippen LogP contribution >= 0.6 is 11.6 Å². The third-order valence-corrected chi connectivity index (χ3v) is 5.50. The molecular weight excluding hydrogens is 381 g/mol. The average molecular weight is 402 g/mol. The molecule has 0 saturated carbocycles. The van der Waals surface area contributed by atoms with E-state index in [9.17, 15) is 9.18 Å². The van der Waals surface area contributed by atoms with Crippen molar-refractivity contribution in [3.8, 4) is 0 Å². The summed E-state index contributed by atoms with van der Waals surface area (Å²) in [6.07, 6.45) is 1.79. The van der Waals surface area contributed by atoms with E-state index in [0.29, 0.717) is 30.3 Å². The number of H-pyrrole nitrogens is 1. The molecule has 1 aliphatic heterocycles. The minimum absolute atomic E-state index is 0.140. The monoisotopic (exact) mass is 401 g/mol. The number of hydrogen-bond acceptors (Lipinski definition) is 3. The predicted octanol–water partition coefficient (Wildman–Crippen LogP) is 3.76. The molecule has 1 amide bonds. The normalized spacial score (nSPS) is 16.2. The SMILES string of the molecule is O=C(NCC(c1cccc(F)c1)N1CCOCC1)c1ccc2[nH]ccc2c1Cl. The van der Waals surface area contributed by atoms with Crippen LogP contribution < -0.4 is 5.32 Å². The van der Waals surface area contributed by atoms with Crippen molar-refractivity contribution in [1.29, 1.82) is 0 Å². The van der Waals surface area contributed by atoms with Gasteiger partial charge in [0.2, 0.25) is 0 Å². The highest BCUT2D eigenvalue weighted by Gasteiger charge is 2.24. The topological polar surface area (TPSA) is 57.4 Å². The minimum atomic E-state index is -0.289. The van der Waals surface area contributed by atoms with Crippen LogP contribution in [0.15, 0.2) is 48.7 Å². The molecule has 0 radical (unpaired) electrons. The zero-order valence-corrected chi connectivity index (χ0v) is 16.0. The van der Waals surface area contributed by atoms with Gasteiger partial charge in [-0.3, -0.25) is 9.69 Å². The van der Waals surface area contributed by atoms with E-state index in [4.69, 9.17) is 16.3 Å². The van der Waals surface area contributed by atoms with Crippen molar-refractivity contribution in [2.24, 2.45) is 0 Å². The number of nitrogens with one attached hydrogen (secondary N) is 2. The van der Waals surface area contributed by atoms with Crippen molar-refractivity contribution >= 4 is 28.4 Å². The number of hydrogen-bond donors (Lipinski definition) is 2. The van der Waals surface area contributed by atoms with Gasteiger partial charge >= 0.3 is 0 Å². The minimum Gasteiger partial charge on any atom is -0.379 e. The Kier molecular flexibility index (Phi) is 5.62. The lowest BCUT2D eigenvalue weighted by Gasteiger charge is -2.35. The molecule has 2 N–H and O–H groups in total. The number of amides is 1. The molecular formula is C21H21ClFN3O2. The average Bonchev–Trinajstić information content (AvgIpc) is 3.19. The van der Waals surface area contributed by atoms with E-state index in [0.717, 1.165) is 29.6 Å². The fourth-order valence-corrected chi connectivity index (χ4v) is 3.93. The Morgan fingerprint density at radius 1 is 1.25 bits per heavy atom. The van der Waals surface area contributed by atoms with Crippen LogP contribution in [0.3, 0.4) is 0 Å². The van der Waals surface area contributed by atoms with E-state index in [-0.39, 0.29) is 17.8 Å². The second-order valence-corrected chi connectivity index (χ2v) is 7.17. The molecule has 1 atom stereocenters. The number of carbonyl (C=O) groups is 1. The Balaban J connectivity index is 1.54. The molecule has 5 nitrogen and oxygen atoms in total. The molecule has 3 aromatic rings. The van der Waals surface area contributed by atoms with Gasteiger partial charge in [-0.15, -0.1) is 0 Å². The number of aromatic nitrogens is 1. The molecule has 0 bridgehead atoms. The molecule has 4 rings (SSSR count). The fourth-order valence-electron chi connectivity index (χ4n) is 3.62. The maximum absolute atomic E-state index is 13.8. The van der Waals surface area contributed by atoms with Crippen molar-refractivity contribution in [1.82, 2.24) is 15.2 Å². The standard InChI is InChI=1S/C21H21ClFN3O2/c22-20-16-6-7-24-18(16)5-4-17(20)21(27)25-13-19(26-8-10-28-11-9-26)14-2-1-3-15(23)12-14/h1-7,12,19,24H,8-11,13H2,(H,25,27). The molecule has 146 valence electrons. The van der Waals surface area contributed by atoms with Crippen LogP contribution in [0.1, 0.15) is 22.0 Å². The molecule has 1 aliphatic rings. The first kappa shape index (κ1) is 18.9. The summed E-state index contributed by atoms with van der Waals surface area (Å²) in [5.74, 6) is -0.536. The van der Waals surface area contributed by atoms with Crippen LogP contribution in [0.25, 0.3) is 10.9 Å². The highest BCUT2D eigenvalue weighted by molar-refractivity contribution is 6.38. The molecule has 0 aliphatic carbocycles. The van der Waals surface area contributed by atoms with Gasteiger partial charge in [0, 0.05) is 36.7 Å². The lowest BCUT2D eigenvalue weighted by Crippen LogP contribution is -2.43. The third-order valence-electron chi connectivity index (χ3n) is 5.09. The van der Waals surface area contributed by atoms with Gasteiger partial charge in [-0.05, 0) is 35.9 Å². The van der Waals surface area contributed by atoms with E-state index in [1.54, 1.807) is 18.3 Å². The smallest absolute Gasteiger partial charge is 0.252 e. The molecule has 2 aromatic carbocycles. The summed E-state index contributed by atoms with van der Waals surface area (Å²) in [5, 5.41) is 4.20. The number of halogens is 2. The van der Waals surface area contributed by atoms with Crippen LogP contribution in [0.5, 0.6) is 0 Å². The van der Waals surface area contributed by atoms with E-state index in [1.165, 1.54) is 12.1 Å². The van der Waals surface area contributed by atoms with Crippen molar-refractivity contribution in [2.45, 2.75) is 6.04 Å². The Morgan fingerprint density at radius 2 is 2.07 bits per heavy atom. The van der Waals surface area contributed by atoms with E-state index in [2.05, 4.69) is 15.2 Å². The number of nitrogens with zero attached hydrogens (tertiary/aromatic N) is 1. The summed E-state index contributed by atoms with van der Waals surface area (Å²) >= 11 is 6.42. The number of rotatable bonds is 5. The van der Waals surface area contributed by atoms with Gasteiger partial charge in [0.05, 0.1) is 29.8 Å². The molecule has 2 heterocycles. The lowest BCUT2D eigenvalue weighted by molar-refractivity contribution is 0.0162. The zero-order valence-electron chi connectivity index (χ0n) is 15.3. The molecule has 1 aromatic heterocycles. The molecule has 1 fully saturated rings. The first-order chi connectivity index (χ1) is 13.6. The maximum atomic E-state index is 13.8. The Morgan fingerprint density at radius 3 is 2.86 bits per heavy atom. The molecule has 0 spiro atoms. The molecule has 28 heavy (non-hydrogen) atoms. The Labute approximate surface area is 167 Å². The van der Waals surface area contributed by atoms with Crippen LogP contribution in [0, 0.1) is 5.82 Å². The molecule has 1 saturated heterocycles. The highest BCUT2D eigenvalue weighted by Crippen LogP contribution is 2.27. The van der Waals surface area contributed by atoms with Crippen molar-refractivity contribution < 1.29 is 13.9 Å². The third kappa shape index (κ3) is 3.90. The van der Waals surface area contributed by atoms with Gasteiger partial charge in [0.15, 0.2) is 0 Å². The number of fused-ring (bicyclic) bond motifs is 1. The van der Waals surface area contributed by atoms with E-state index < -0.39 is 0 Å². The van der Waals surface area contributed by atoms with Crippen LogP contribution in [-0.4, -0.2) is 48.6 Å². The number of morpholine rings is 1. The van der Waals surface area contributed by atoms with Gasteiger partial charge in [-0.25, -0.2) is 4.39 Å². The fraction of sp³-hybridized carbons (Fsp3) is 0.286. The van der Waals surface area contributed by atoms with Crippen molar-refractivity contribution in [3.05, 3.63) is 70.6 Å². The number of ether oxygens (including phenoxy) is 1. The number of benzene rings is 2. The van der Waals surface area contributed by atoms with Gasteiger partial charge in [-0.2, -0.15) is 0 Å².